The molecule has 0 saturated heterocycles. The van der Waals surface area contributed by atoms with Crippen molar-refractivity contribution in [1.29, 1.82) is 0 Å². The van der Waals surface area contributed by atoms with Crippen LogP contribution in [0.15, 0.2) is 6.07 Å². The van der Waals surface area contributed by atoms with E-state index in [4.69, 9.17) is 5.84 Å². The first-order valence-electron chi connectivity index (χ1n) is 5.57. The molecule has 1 aromatic rings. The number of aryl methyl sites for hydroxylation is 1. The Morgan fingerprint density at radius 2 is 2.06 bits per heavy atom. The van der Waals surface area contributed by atoms with E-state index in [0.717, 1.165) is 24.4 Å². The minimum atomic E-state index is 0.0292. The molecule has 0 radical (unpaired) electrons. The molecular weight excluding hydrogens is 202 g/mol. The lowest BCUT2D eigenvalue weighted by Crippen LogP contribution is -2.31. The first-order valence-corrected chi connectivity index (χ1v) is 5.57. The normalized spacial score (nSPS) is 11.3. The van der Waals surface area contributed by atoms with Gasteiger partial charge in [0.1, 0.15) is 5.82 Å². The summed E-state index contributed by atoms with van der Waals surface area (Å²) in [4.78, 5) is 8.40. The fraction of sp³-hybridized carbons (Fsp3) is 0.636. The number of hydrogen-bond donors (Lipinski definition) is 3. The van der Waals surface area contributed by atoms with E-state index in [0.29, 0.717) is 5.95 Å². The molecule has 0 atom stereocenters. The van der Waals surface area contributed by atoms with Crippen molar-refractivity contribution >= 4 is 11.8 Å². The Bertz CT molecular complexity index is 348. The Labute approximate surface area is 96.8 Å². The second-order valence-corrected chi connectivity index (χ2v) is 4.62. The van der Waals surface area contributed by atoms with E-state index < -0.39 is 0 Å². The highest BCUT2D eigenvalue weighted by atomic mass is 15.3. The lowest BCUT2D eigenvalue weighted by Gasteiger charge is -2.26. The third-order valence-electron chi connectivity index (χ3n) is 2.32. The summed E-state index contributed by atoms with van der Waals surface area (Å²) in [6, 6.07) is 1.91. The third kappa shape index (κ3) is 3.66. The maximum absolute atomic E-state index is 5.31. The van der Waals surface area contributed by atoms with Gasteiger partial charge in [-0.25, -0.2) is 10.8 Å². The number of nitrogens with two attached hydrogens (primary N) is 1. The van der Waals surface area contributed by atoms with Crippen molar-refractivity contribution in [3.8, 4) is 0 Å². The van der Waals surface area contributed by atoms with Crippen LogP contribution in [0.5, 0.6) is 0 Å². The monoisotopic (exact) mass is 223 g/mol. The highest BCUT2D eigenvalue weighted by molar-refractivity contribution is 5.43. The Balaban J connectivity index is 2.84. The molecule has 90 valence electrons. The number of hydrazine groups is 1. The molecule has 16 heavy (non-hydrogen) atoms. The smallest absolute Gasteiger partial charge is 0.239 e. The van der Waals surface area contributed by atoms with Crippen molar-refractivity contribution in [1.82, 2.24) is 9.97 Å². The summed E-state index contributed by atoms with van der Waals surface area (Å²) in [7, 11) is 0. The second kappa shape index (κ2) is 5.12. The van der Waals surface area contributed by atoms with Gasteiger partial charge in [-0.15, -0.1) is 0 Å². The zero-order chi connectivity index (χ0) is 12.2. The van der Waals surface area contributed by atoms with Gasteiger partial charge in [0, 0.05) is 17.3 Å². The molecule has 1 aromatic heterocycles. The maximum atomic E-state index is 5.31. The van der Waals surface area contributed by atoms with Gasteiger partial charge >= 0.3 is 0 Å². The zero-order valence-electron chi connectivity index (χ0n) is 10.5. The largest absolute Gasteiger partial charge is 0.365 e. The van der Waals surface area contributed by atoms with Crippen LogP contribution in [-0.2, 0) is 0 Å². The van der Waals surface area contributed by atoms with Crippen LogP contribution in [0, 0.1) is 6.92 Å². The van der Waals surface area contributed by atoms with Crippen molar-refractivity contribution in [2.24, 2.45) is 5.84 Å². The first kappa shape index (κ1) is 12.7. The summed E-state index contributed by atoms with van der Waals surface area (Å²) >= 11 is 0. The fourth-order valence-electron chi connectivity index (χ4n) is 1.73. The number of rotatable bonds is 5. The molecule has 0 spiro atoms. The van der Waals surface area contributed by atoms with Gasteiger partial charge in [0.15, 0.2) is 0 Å². The molecular formula is C11H21N5. The quantitative estimate of drug-likeness (QED) is 0.526. The highest BCUT2D eigenvalue weighted by Crippen LogP contribution is 2.19. The number of anilines is 2. The van der Waals surface area contributed by atoms with Crippen LogP contribution in [0.3, 0.4) is 0 Å². The molecule has 1 rings (SSSR count). The highest BCUT2D eigenvalue weighted by Gasteiger charge is 2.17. The van der Waals surface area contributed by atoms with E-state index in [1.54, 1.807) is 0 Å². The van der Waals surface area contributed by atoms with Gasteiger partial charge in [-0.1, -0.05) is 13.3 Å². The molecule has 5 heteroatoms. The summed E-state index contributed by atoms with van der Waals surface area (Å²) in [5, 5.41) is 3.39. The van der Waals surface area contributed by atoms with Crippen LogP contribution in [0.25, 0.3) is 0 Å². The molecule has 0 aliphatic carbocycles. The van der Waals surface area contributed by atoms with E-state index in [1.165, 1.54) is 0 Å². The van der Waals surface area contributed by atoms with E-state index in [-0.39, 0.29) is 5.54 Å². The second-order valence-electron chi connectivity index (χ2n) is 4.62. The van der Waals surface area contributed by atoms with Gasteiger partial charge in [0.2, 0.25) is 5.95 Å². The van der Waals surface area contributed by atoms with Gasteiger partial charge in [-0.05, 0) is 27.2 Å². The number of nitrogens with one attached hydrogen (secondary N) is 2. The minimum Gasteiger partial charge on any atom is -0.365 e. The van der Waals surface area contributed by atoms with E-state index in [1.807, 2.05) is 13.0 Å². The van der Waals surface area contributed by atoms with Crippen molar-refractivity contribution in [3.63, 3.8) is 0 Å². The SMILES string of the molecule is CCCC(C)(C)Nc1cc(C)nc(NN)n1. The van der Waals surface area contributed by atoms with Gasteiger partial charge in [0.05, 0.1) is 0 Å². The Hall–Kier alpha value is -1.36. The van der Waals surface area contributed by atoms with Crippen molar-refractivity contribution in [2.45, 2.75) is 46.1 Å². The van der Waals surface area contributed by atoms with Crippen molar-refractivity contribution in [2.75, 3.05) is 10.7 Å². The van der Waals surface area contributed by atoms with Gasteiger partial charge in [-0.3, -0.25) is 5.43 Å². The fourth-order valence-corrected chi connectivity index (χ4v) is 1.73. The predicted octanol–water partition coefficient (Wildman–Crippen LogP) is 2.06. The summed E-state index contributed by atoms with van der Waals surface area (Å²) in [6.45, 7) is 8.40. The molecule has 0 unspecified atom stereocenters. The number of hydrogen-bond acceptors (Lipinski definition) is 5. The average molecular weight is 223 g/mol. The molecule has 0 aromatic carbocycles. The summed E-state index contributed by atoms with van der Waals surface area (Å²) in [5.74, 6) is 6.55. The lowest BCUT2D eigenvalue weighted by atomic mass is 9.99. The van der Waals surface area contributed by atoms with Gasteiger partial charge in [0.25, 0.3) is 0 Å². The lowest BCUT2D eigenvalue weighted by molar-refractivity contribution is 0.509. The van der Waals surface area contributed by atoms with Crippen LogP contribution in [0.4, 0.5) is 11.8 Å². The standard InChI is InChI=1S/C11H21N5/c1-5-6-11(3,4)15-9-7-8(2)13-10(14-9)16-12/h7H,5-6,12H2,1-4H3,(H2,13,14,15,16). The molecule has 0 fully saturated rings. The maximum Gasteiger partial charge on any atom is 0.239 e. The molecule has 1 heterocycles. The summed E-state index contributed by atoms with van der Waals surface area (Å²) in [6.07, 6.45) is 2.22. The third-order valence-corrected chi connectivity index (χ3v) is 2.32. The molecule has 0 aliphatic rings. The molecule has 5 nitrogen and oxygen atoms in total. The number of aromatic nitrogens is 2. The minimum absolute atomic E-state index is 0.0292. The first-order chi connectivity index (χ1) is 7.46. The summed E-state index contributed by atoms with van der Waals surface area (Å²) < 4.78 is 0. The van der Waals surface area contributed by atoms with E-state index in [2.05, 4.69) is 41.5 Å². The molecule has 0 aliphatic heterocycles. The summed E-state index contributed by atoms with van der Waals surface area (Å²) in [5.41, 5.74) is 3.38. The molecule has 4 N–H and O–H groups in total. The van der Waals surface area contributed by atoms with E-state index in [9.17, 15) is 0 Å². The van der Waals surface area contributed by atoms with Gasteiger partial charge < -0.3 is 5.32 Å². The molecule has 0 saturated carbocycles. The topological polar surface area (TPSA) is 75.9 Å². The van der Waals surface area contributed by atoms with Gasteiger partial charge in [-0.2, -0.15) is 4.98 Å². The zero-order valence-corrected chi connectivity index (χ0v) is 10.5. The average Bonchev–Trinajstić information content (AvgIpc) is 2.15. The molecule has 0 bridgehead atoms. The van der Waals surface area contributed by atoms with Crippen LogP contribution >= 0.6 is 0 Å². The van der Waals surface area contributed by atoms with Crippen molar-refractivity contribution < 1.29 is 0 Å². The van der Waals surface area contributed by atoms with Crippen LogP contribution < -0.4 is 16.6 Å². The van der Waals surface area contributed by atoms with Crippen molar-refractivity contribution in [3.05, 3.63) is 11.8 Å². The number of nitrogens with zero attached hydrogens (tertiary/aromatic N) is 2. The van der Waals surface area contributed by atoms with Crippen LogP contribution in [0.2, 0.25) is 0 Å². The van der Waals surface area contributed by atoms with Crippen LogP contribution in [-0.4, -0.2) is 15.5 Å². The van der Waals surface area contributed by atoms with E-state index >= 15 is 0 Å². The Morgan fingerprint density at radius 3 is 2.62 bits per heavy atom. The predicted molar refractivity (Wildman–Crippen MR) is 67.2 cm³/mol. The Kier molecular flexibility index (Phi) is 4.06. The van der Waals surface area contributed by atoms with Crippen LogP contribution in [0.1, 0.15) is 39.3 Å². The number of nitrogen functional groups attached to an aromatic ring is 1. The Morgan fingerprint density at radius 1 is 1.38 bits per heavy atom. The molecule has 0 amide bonds.